The van der Waals surface area contributed by atoms with Gasteiger partial charge in [0.1, 0.15) is 5.82 Å². The molecule has 1 unspecified atom stereocenters. The summed E-state index contributed by atoms with van der Waals surface area (Å²) in [6, 6.07) is 10.1. The summed E-state index contributed by atoms with van der Waals surface area (Å²) in [5.41, 5.74) is 1.15. The fourth-order valence-corrected chi connectivity index (χ4v) is 8.92. The molecule has 0 aliphatic carbocycles. The molecule has 2 aliphatic rings. The van der Waals surface area contributed by atoms with Crippen molar-refractivity contribution in [3.05, 3.63) is 46.5 Å². The summed E-state index contributed by atoms with van der Waals surface area (Å²) in [5, 5.41) is 3.77. The number of benzene rings is 1. The lowest BCUT2D eigenvalue weighted by molar-refractivity contribution is 0.144. The first-order chi connectivity index (χ1) is 14.7. The van der Waals surface area contributed by atoms with Crippen LogP contribution in [0.3, 0.4) is 0 Å². The average Bonchev–Trinajstić information content (AvgIpc) is 3.23. The van der Waals surface area contributed by atoms with Crippen LogP contribution in [0.5, 0.6) is 0 Å². The molecular formula is C19H27N5O4S3. The molecule has 4 rings (SSSR count). The summed E-state index contributed by atoms with van der Waals surface area (Å²) < 4.78 is 54.9. The summed E-state index contributed by atoms with van der Waals surface area (Å²) in [6.07, 6.45) is 0.193. The van der Waals surface area contributed by atoms with Gasteiger partial charge in [-0.05, 0) is 31.1 Å². The van der Waals surface area contributed by atoms with E-state index in [0.717, 1.165) is 11.4 Å². The number of nitrogens with zero attached hydrogens (tertiary/aromatic N) is 5. The van der Waals surface area contributed by atoms with Crippen LogP contribution < -0.4 is 0 Å². The zero-order valence-electron chi connectivity index (χ0n) is 17.4. The van der Waals surface area contributed by atoms with E-state index in [1.54, 1.807) is 4.68 Å². The number of hydrogen-bond donors (Lipinski definition) is 0. The van der Waals surface area contributed by atoms with E-state index in [-0.39, 0.29) is 17.9 Å². The molecule has 2 aliphatic heterocycles. The van der Waals surface area contributed by atoms with E-state index >= 15 is 0 Å². The summed E-state index contributed by atoms with van der Waals surface area (Å²) in [7, 11) is -6.83. The minimum atomic E-state index is -3.59. The second-order valence-electron chi connectivity index (χ2n) is 8.13. The monoisotopic (exact) mass is 485 g/mol. The molecule has 1 atom stereocenters. The van der Waals surface area contributed by atoms with Crippen molar-refractivity contribution in [1.29, 1.82) is 0 Å². The minimum Gasteiger partial charge on any atom is -0.300 e. The highest BCUT2D eigenvalue weighted by molar-refractivity contribution is 7.95. The molecule has 12 heteroatoms. The third-order valence-corrected chi connectivity index (χ3v) is 10.7. The van der Waals surface area contributed by atoms with E-state index in [4.69, 9.17) is 12.2 Å². The molecule has 1 aromatic heterocycles. The summed E-state index contributed by atoms with van der Waals surface area (Å²) >= 11 is 5.63. The molecule has 9 nitrogen and oxygen atoms in total. The first kappa shape index (κ1) is 22.6. The lowest BCUT2D eigenvalue weighted by atomic mass is 10.2. The van der Waals surface area contributed by atoms with Gasteiger partial charge in [-0.3, -0.25) is 9.47 Å². The zero-order valence-corrected chi connectivity index (χ0v) is 19.9. The molecule has 0 radical (unpaired) electrons. The van der Waals surface area contributed by atoms with Crippen molar-refractivity contribution in [1.82, 2.24) is 23.6 Å². The quantitative estimate of drug-likeness (QED) is 0.560. The van der Waals surface area contributed by atoms with Crippen molar-refractivity contribution in [2.45, 2.75) is 31.8 Å². The van der Waals surface area contributed by atoms with Crippen molar-refractivity contribution in [2.24, 2.45) is 0 Å². The van der Waals surface area contributed by atoms with Gasteiger partial charge >= 0.3 is 0 Å². The molecular weight excluding hydrogens is 458 g/mol. The molecule has 0 saturated carbocycles. The van der Waals surface area contributed by atoms with E-state index < -0.39 is 25.1 Å². The number of rotatable bonds is 6. The minimum absolute atomic E-state index is 0.0416. The van der Waals surface area contributed by atoms with Gasteiger partial charge in [0, 0.05) is 26.2 Å². The summed E-state index contributed by atoms with van der Waals surface area (Å²) in [6.45, 7) is 4.85. The first-order valence-electron chi connectivity index (χ1n) is 10.3. The standard InChI is InChI=1S/C19H27N5O4S3/c1-16-20-24(19(29)23(16)13-17-5-3-2-4-6-17)15-21-8-10-22(11-9-21)31(27,28)18-7-12-30(25,26)14-18/h2-6,18H,7-15H2,1H3. The predicted octanol–water partition coefficient (Wildman–Crippen LogP) is 0.863. The Kier molecular flexibility index (Phi) is 6.37. The lowest BCUT2D eigenvalue weighted by Gasteiger charge is -2.34. The van der Waals surface area contributed by atoms with Gasteiger partial charge in [0.05, 0.1) is 30.0 Å². The van der Waals surface area contributed by atoms with E-state index in [1.165, 1.54) is 4.31 Å². The Labute approximate surface area is 188 Å². The Hall–Kier alpha value is -1.60. The maximum Gasteiger partial charge on any atom is 0.218 e. The van der Waals surface area contributed by atoms with Crippen molar-refractivity contribution in [2.75, 3.05) is 37.7 Å². The van der Waals surface area contributed by atoms with Gasteiger partial charge in [0.2, 0.25) is 10.0 Å². The molecule has 0 bridgehead atoms. The van der Waals surface area contributed by atoms with Crippen molar-refractivity contribution in [3.63, 3.8) is 0 Å². The number of hydrogen-bond acceptors (Lipinski definition) is 7. The van der Waals surface area contributed by atoms with Crippen molar-refractivity contribution < 1.29 is 16.8 Å². The Morgan fingerprint density at radius 3 is 2.42 bits per heavy atom. The maximum atomic E-state index is 12.8. The highest BCUT2D eigenvalue weighted by Crippen LogP contribution is 2.23. The Morgan fingerprint density at radius 1 is 1.13 bits per heavy atom. The molecule has 2 aromatic rings. The molecule has 0 amide bonds. The fourth-order valence-electron chi connectivity index (χ4n) is 4.11. The largest absolute Gasteiger partial charge is 0.300 e. The van der Waals surface area contributed by atoms with Crippen molar-refractivity contribution >= 4 is 32.1 Å². The van der Waals surface area contributed by atoms with Crippen LogP contribution in [0.25, 0.3) is 0 Å². The van der Waals surface area contributed by atoms with Gasteiger partial charge in [0.15, 0.2) is 14.6 Å². The Bertz CT molecular complexity index is 1200. The second-order valence-corrected chi connectivity index (χ2v) is 12.9. The average molecular weight is 486 g/mol. The van der Waals surface area contributed by atoms with Crippen LogP contribution in [0.2, 0.25) is 0 Å². The van der Waals surface area contributed by atoms with Crippen LogP contribution in [0.4, 0.5) is 0 Å². The molecule has 2 fully saturated rings. The third kappa shape index (κ3) is 4.92. The van der Waals surface area contributed by atoms with E-state index in [1.807, 2.05) is 41.8 Å². The number of aromatic nitrogens is 3. The van der Waals surface area contributed by atoms with Crippen LogP contribution in [-0.2, 0) is 33.1 Å². The molecule has 170 valence electrons. The third-order valence-electron chi connectivity index (χ3n) is 5.93. The van der Waals surface area contributed by atoms with Crippen LogP contribution in [-0.4, -0.2) is 83.3 Å². The number of sulfonamides is 1. The predicted molar refractivity (Wildman–Crippen MR) is 120 cm³/mol. The second kappa shape index (κ2) is 8.74. The highest BCUT2D eigenvalue weighted by atomic mass is 32.2. The maximum absolute atomic E-state index is 12.8. The van der Waals surface area contributed by atoms with Gasteiger partial charge in [0.25, 0.3) is 0 Å². The Morgan fingerprint density at radius 2 is 1.81 bits per heavy atom. The smallest absolute Gasteiger partial charge is 0.218 e. The van der Waals surface area contributed by atoms with Gasteiger partial charge < -0.3 is 0 Å². The van der Waals surface area contributed by atoms with Gasteiger partial charge in [-0.15, -0.1) is 0 Å². The van der Waals surface area contributed by atoms with E-state index in [0.29, 0.717) is 44.2 Å². The first-order valence-corrected chi connectivity index (χ1v) is 14.0. The van der Waals surface area contributed by atoms with E-state index in [9.17, 15) is 16.8 Å². The van der Waals surface area contributed by atoms with Crippen LogP contribution >= 0.6 is 12.2 Å². The number of piperazine rings is 1. The molecule has 31 heavy (non-hydrogen) atoms. The van der Waals surface area contributed by atoms with Gasteiger partial charge in [-0.1, -0.05) is 30.3 Å². The summed E-state index contributed by atoms with van der Waals surface area (Å²) in [4.78, 5) is 2.12. The number of aryl methyl sites for hydroxylation is 1. The topological polar surface area (TPSA) is 97.5 Å². The van der Waals surface area contributed by atoms with Gasteiger partial charge in [-0.25, -0.2) is 21.5 Å². The Balaban J connectivity index is 1.38. The van der Waals surface area contributed by atoms with Crippen LogP contribution in [0, 0.1) is 11.7 Å². The molecule has 2 saturated heterocycles. The lowest BCUT2D eigenvalue weighted by Crippen LogP contribution is -2.51. The van der Waals surface area contributed by atoms with Gasteiger partial charge in [-0.2, -0.15) is 9.40 Å². The molecule has 1 aromatic carbocycles. The van der Waals surface area contributed by atoms with Crippen LogP contribution in [0.1, 0.15) is 17.8 Å². The van der Waals surface area contributed by atoms with Crippen molar-refractivity contribution in [3.8, 4) is 0 Å². The zero-order chi connectivity index (χ0) is 22.2. The molecule has 0 spiro atoms. The van der Waals surface area contributed by atoms with Crippen LogP contribution in [0.15, 0.2) is 30.3 Å². The highest BCUT2D eigenvalue weighted by Gasteiger charge is 2.41. The molecule has 3 heterocycles. The normalized spacial score (nSPS) is 22.7. The SMILES string of the molecule is Cc1nn(CN2CCN(S(=O)(=O)C3CCS(=O)(=O)C3)CC2)c(=S)n1Cc1ccccc1. The summed E-state index contributed by atoms with van der Waals surface area (Å²) in [5.74, 6) is 0.528. The van der Waals surface area contributed by atoms with E-state index in [2.05, 4.69) is 10.00 Å². The number of sulfone groups is 1. The fraction of sp³-hybridized carbons (Fsp3) is 0.579. The molecule has 0 N–H and O–H groups in total.